The Morgan fingerprint density at radius 1 is 1.28 bits per heavy atom. The molecule has 1 aliphatic carbocycles. The zero-order valence-electron chi connectivity index (χ0n) is 11.9. The van der Waals surface area contributed by atoms with Crippen LogP contribution in [0, 0.1) is 18.8 Å². The highest BCUT2D eigenvalue weighted by Gasteiger charge is 2.30. The second kappa shape index (κ2) is 6.38. The third-order valence-corrected chi connectivity index (χ3v) is 4.57. The van der Waals surface area contributed by atoms with E-state index in [-0.39, 0.29) is 0 Å². The number of rotatable bonds is 4. The van der Waals surface area contributed by atoms with Crippen LogP contribution < -0.4 is 5.73 Å². The van der Waals surface area contributed by atoms with Gasteiger partial charge in [-0.05, 0) is 49.6 Å². The molecule has 0 bridgehead atoms. The van der Waals surface area contributed by atoms with Crippen molar-refractivity contribution in [3.63, 3.8) is 0 Å². The first-order valence-corrected chi connectivity index (χ1v) is 7.51. The summed E-state index contributed by atoms with van der Waals surface area (Å²) >= 11 is 0. The van der Waals surface area contributed by atoms with Crippen molar-refractivity contribution in [2.75, 3.05) is 6.54 Å². The van der Waals surface area contributed by atoms with E-state index in [1.807, 2.05) is 0 Å². The van der Waals surface area contributed by atoms with Crippen LogP contribution in [-0.4, -0.2) is 6.54 Å². The number of hydrogen-bond acceptors (Lipinski definition) is 1. The van der Waals surface area contributed by atoms with Crippen molar-refractivity contribution in [1.82, 2.24) is 0 Å². The lowest BCUT2D eigenvalue weighted by Crippen LogP contribution is -2.29. The topological polar surface area (TPSA) is 26.0 Å². The second-order valence-electron chi connectivity index (χ2n) is 5.98. The maximum Gasteiger partial charge on any atom is -0.00430 e. The molecule has 2 N–H and O–H groups in total. The predicted molar refractivity (Wildman–Crippen MR) is 78.7 cm³/mol. The van der Waals surface area contributed by atoms with Gasteiger partial charge in [0.05, 0.1) is 0 Å². The summed E-state index contributed by atoms with van der Waals surface area (Å²) < 4.78 is 0. The molecule has 3 unspecified atom stereocenters. The lowest BCUT2D eigenvalue weighted by Gasteiger charge is -2.36. The minimum absolute atomic E-state index is 0.694. The fourth-order valence-electron chi connectivity index (χ4n) is 3.58. The van der Waals surface area contributed by atoms with Gasteiger partial charge in [0.25, 0.3) is 0 Å². The van der Waals surface area contributed by atoms with Crippen molar-refractivity contribution in [3.05, 3.63) is 35.4 Å². The van der Waals surface area contributed by atoms with Crippen molar-refractivity contribution in [1.29, 1.82) is 0 Å². The zero-order chi connectivity index (χ0) is 13.0. The first-order chi connectivity index (χ1) is 8.74. The van der Waals surface area contributed by atoms with Crippen molar-refractivity contribution >= 4 is 0 Å². The summed E-state index contributed by atoms with van der Waals surface area (Å²) in [4.78, 5) is 0. The molecule has 0 radical (unpaired) electrons. The van der Waals surface area contributed by atoms with E-state index in [1.54, 1.807) is 0 Å². The van der Waals surface area contributed by atoms with E-state index < -0.39 is 0 Å². The van der Waals surface area contributed by atoms with Gasteiger partial charge in [0.15, 0.2) is 0 Å². The van der Waals surface area contributed by atoms with E-state index in [0.717, 1.165) is 12.5 Å². The molecule has 0 heterocycles. The molecule has 1 heteroatoms. The normalized spacial score (nSPS) is 28.3. The van der Waals surface area contributed by atoms with Crippen molar-refractivity contribution in [2.24, 2.45) is 17.6 Å². The fourth-order valence-corrected chi connectivity index (χ4v) is 3.58. The van der Waals surface area contributed by atoms with Crippen LogP contribution in [0.2, 0.25) is 0 Å². The highest BCUT2D eigenvalue weighted by Crippen LogP contribution is 2.41. The molecule has 1 aromatic carbocycles. The van der Waals surface area contributed by atoms with Gasteiger partial charge >= 0.3 is 0 Å². The molecule has 1 saturated carbocycles. The standard InChI is InChI=1S/C17H27N/c1-3-5-14-8-9-16(12-18)17(11-14)15-7-4-6-13(2)10-15/h4,6-7,10,14,16-17H,3,5,8-9,11-12,18H2,1-2H3. The molecule has 0 amide bonds. The highest BCUT2D eigenvalue weighted by molar-refractivity contribution is 5.26. The summed E-state index contributed by atoms with van der Waals surface area (Å²) in [7, 11) is 0. The molecule has 1 aromatic rings. The van der Waals surface area contributed by atoms with Crippen LogP contribution in [0.1, 0.15) is 56.1 Å². The van der Waals surface area contributed by atoms with Crippen LogP contribution in [0.15, 0.2) is 24.3 Å². The van der Waals surface area contributed by atoms with Gasteiger partial charge in [-0.3, -0.25) is 0 Å². The van der Waals surface area contributed by atoms with Crippen LogP contribution in [0.4, 0.5) is 0 Å². The molecular formula is C17H27N. The van der Waals surface area contributed by atoms with E-state index in [9.17, 15) is 0 Å². The Morgan fingerprint density at radius 2 is 2.11 bits per heavy atom. The Balaban J connectivity index is 2.15. The second-order valence-corrected chi connectivity index (χ2v) is 5.98. The molecule has 1 nitrogen and oxygen atoms in total. The summed E-state index contributed by atoms with van der Waals surface area (Å²) in [6.07, 6.45) is 6.76. The van der Waals surface area contributed by atoms with E-state index >= 15 is 0 Å². The highest BCUT2D eigenvalue weighted by atomic mass is 14.6. The molecule has 1 aliphatic rings. The molecule has 18 heavy (non-hydrogen) atoms. The largest absolute Gasteiger partial charge is 0.330 e. The third kappa shape index (κ3) is 3.14. The first kappa shape index (κ1) is 13.6. The van der Waals surface area contributed by atoms with Crippen LogP contribution in [0.5, 0.6) is 0 Å². The molecular weight excluding hydrogens is 218 g/mol. The summed E-state index contributed by atoms with van der Waals surface area (Å²) in [6.45, 7) is 5.33. The van der Waals surface area contributed by atoms with Crippen LogP contribution in [0.3, 0.4) is 0 Å². The summed E-state index contributed by atoms with van der Waals surface area (Å²) in [5.74, 6) is 2.31. The molecule has 2 rings (SSSR count). The number of aryl methyl sites for hydroxylation is 1. The lowest BCUT2D eigenvalue weighted by atomic mass is 9.70. The SMILES string of the molecule is CCCC1CCC(CN)C(c2cccc(C)c2)C1. The van der Waals surface area contributed by atoms with Crippen molar-refractivity contribution in [3.8, 4) is 0 Å². The molecule has 0 aliphatic heterocycles. The Kier molecular flexibility index (Phi) is 4.82. The Bertz CT molecular complexity index is 372. The first-order valence-electron chi connectivity index (χ1n) is 7.51. The summed E-state index contributed by atoms with van der Waals surface area (Å²) in [5.41, 5.74) is 8.88. The van der Waals surface area contributed by atoms with E-state index in [2.05, 4.69) is 38.1 Å². The number of nitrogens with two attached hydrogens (primary N) is 1. The van der Waals surface area contributed by atoms with E-state index in [0.29, 0.717) is 11.8 Å². The molecule has 3 atom stereocenters. The van der Waals surface area contributed by atoms with Gasteiger partial charge in [-0.15, -0.1) is 0 Å². The molecule has 1 fully saturated rings. The fraction of sp³-hybridized carbons (Fsp3) is 0.647. The van der Waals surface area contributed by atoms with Gasteiger partial charge in [0.2, 0.25) is 0 Å². The minimum Gasteiger partial charge on any atom is -0.330 e. The monoisotopic (exact) mass is 245 g/mol. The maximum atomic E-state index is 5.99. The summed E-state index contributed by atoms with van der Waals surface area (Å²) in [5, 5.41) is 0. The number of hydrogen-bond donors (Lipinski definition) is 1. The Labute approximate surface area is 112 Å². The van der Waals surface area contributed by atoms with Gasteiger partial charge in [-0.2, -0.15) is 0 Å². The number of benzene rings is 1. The molecule has 100 valence electrons. The van der Waals surface area contributed by atoms with Gasteiger partial charge in [0.1, 0.15) is 0 Å². The smallest absolute Gasteiger partial charge is 0.00430 e. The van der Waals surface area contributed by atoms with Crippen molar-refractivity contribution < 1.29 is 0 Å². The average Bonchev–Trinajstić information content (AvgIpc) is 2.39. The average molecular weight is 245 g/mol. The predicted octanol–water partition coefficient (Wildman–Crippen LogP) is 4.25. The van der Waals surface area contributed by atoms with Crippen LogP contribution in [-0.2, 0) is 0 Å². The maximum absolute atomic E-state index is 5.99. The van der Waals surface area contributed by atoms with Crippen LogP contribution in [0.25, 0.3) is 0 Å². The lowest BCUT2D eigenvalue weighted by molar-refractivity contribution is 0.230. The molecule has 0 saturated heterocycles. The van der Waals surface area contributed by atoms with Gasteiger partial charge < -0.3 is 5.73 Å². The molecule has 0 aromatic heterocycles. The van der Waals surface area contributed by atoms with E-state index in [4.69, 9.17) is 5.73 Å². The van der Waals surface area contributed by atoms with Crippen LogP contribution >= 0.6 is 0 Å². The Hall–Kier alpha value is -0.820. The minimum atomic E-state index is 0.694. The molecule has 0 spiro atoms. The summed E-state index contributed by atoms with van der Waals surface area (Å²) in [6, 6.07) is 9.05. The van der Waals surface area contributed by atoms with Crippen molar-refractivity contribution in [2.45, 2.75) is 51.9 Å². The quantitative estimate of drug-likeness (QED) is 0.843. The zero-order valence-corrected chi connectivity index (χ0v) is 11.9. The Morgan fingerprint density at radius 3 is 2.78 bits per heavy atom. The third-order valence-electron chi connectivity index (χ3n) is 4.57. The van der Waals surface area contributed by atoms with Gasteiger partial charge in [0, 0.05) is 0 Å². The van der Waals surface area contributed by atoms with E-state index in [1.165, 1.54) is 43.2 Å². The van der Waals surface area contributed by atoms with Gasteiger partial charge in [-0.25, -0.2) is 0 Å². The van der Waals surface area contributed by atoms with Gasteiger partial charge in [-0.1, -0.05) is 56.0 Å².